The van der Waals surface area contributed by atoms with Crippen LogP contribution >= 0.6 is 11.6 Å². The lowest BCUT2D eigenvalue weighted by atomic mass is 9.73. The number of ether oxygens (including phenoxy) is 2. The van der Waals surface area contributed by atoms with Crippen LogP contribution in [0.15, 0.2) is 48.5 Å². The van der Waals surface area contributed by atoms with Gasteiger partial charge in [0.05, 0.1) is 0 Å². The summed E-state index contributed by atoms with van der Waals surface area (Å²) in [6.07, 6.45) is 1.77. The summed E-state index contributed by atoms with van der Waals surface area (Å²) in [5.41, 5.74) is 1.37. The van der Waals surface area contributed by atoms with Gasteiger partial charge in [0, 0.05) is 30.2 Å². The maximum absolute atomic E-state index is 12.9. The van der Waals surface area contributed by atoms with Crippen molar-refractivity contribution in [1.29, 1.82) is 0 Å². The number of carbonyl (C=O) groups is 1. The van der Waals surface area contributed by atoms with Gasteiger partial charge in [-0.15, -0.1) is 0 Å². The van der Waals surface area contributed by atoms with E-state index in [1.54, 1.807) is 38.1 Å². The molecule has 1 amide bonds. The van der Waals surface area contributed by atoms with Crippen molar-refractivity contribution in [2.24, 2.45) is 0 Å². The quantitative estimate of drug-likeness (QED) is 0.765. The number of nitrogens with one attached hydrogen (secondary N) is 1. The van der Waals surface area contributed by atoms with Crippen molar-refractivity contribution in [3.8, 4) is 5.75 Å². The second-order valence-electron chi connectivity index (χ2n) is 8.01. The molecule has 0 radical (unpaired) electrons. The van der Waals surface area contributed by atoms with Crippen molar-refractivity contribution in [3.05, 3.63) is 64.7 Å². The fourth-order valence-corrected chi connectivity index (χ4v) is 3.74. The predicted octanol–water partition coefficient (Wildman–Crippen LogP) is 4.67. The molecule has 2 aromatic rings. The van der Waals surface area contributed by atoms with E-state index < -0.39 is 5.60 Å². The van der Waals surface area contributed by atoms with Gasteiger partial charge in [0.2, 0.25) is 0 Å². The summed E-state index contributed by atoms with van der Waals surface area (Å²) < 4.78 is 11.5. The Labute approximate surface area is 172 Å². The fourth-order valence-electron chi connectivity index (χ4n) is 3.61. The number of amides is 1. The number of rotatable bonds is 6. The van der Waals surface area contributed by atoms with Crippen LogP contribution in [-0.2, 0) is 14.9 Å². The number of carbonyl (C=O) groups excluding carboxylic acids is 1. The van der Waals surface area contributed by atoms with Gasteiger partial charge in [0.25, 0.3) is 5.91 Å². The Kier molecular flexibility index (Phi) is 6.31. The minimum atomic E-state index is -0.993. The molecule has 0 saturated carbocycles. The summed E-state index contributed by atoms with van der Waals surface area (Å²) in [5.74, 6) is 0.477. The molecular formula is C23H28ClNO3. The van der Waals surface area contributed by atoms with E-state index in [1.165, 1.54) is 11.1 Å². The van der Waals surface area contributed by atoms with Gasteiger partial charge in [-0.1, -0.05) is 41.4 Å². The summed E-state index contributed by atoms with van der Waals surface area (Å²) in [5, 5.41) is 3.77. The number of aryl methyl sites for hydroxylation is 1. The zero-order chi connectivity index (χ0) is 20.2. The molecule has 1 aliphatic heterocycles. The largest absolute Gasteiger partial charge is 0.478 e. The first-order valence-electron chi connectivity index (χ1n) is 9.69. The zero-order valence-corrected chi connectivity index (χ0v) is 17.5. The zero-order valence-electron chi connectivity index (χ0n) is 16.8. The molecule has 5 heteroatoms. The van der Waals surface area contributed by atoms with E-state index in [9.17, 15) is 4.79 Å². The molecule has 150 valence electrons. The molecule has 1 saturated heterocycles. The third-order valence-corrected chi connectivity index (χ3v) is 5.65. The van der Waals surface area contributed by atoms with Gasteiger partial charge in [0.15, 0.2) is 5.60 Å². The van der Waals surface area contributed by atoms with Gasteiger partial charge < -0.3 is 14.8 Å². The number of benzene rings is 2. The van der Waals surface area contributed by atoms with Crippen molar-refractivity contribution in [2.75, 3.05) is 19.8 Å². The second kappa shape index (κ2) is 8.54. The van der Waals surface area contributed by atoms with Crippen LogP contribution in [0, 0.1) is 6.92 Å². The number of hydrogen-bond acceptors (Lipinski definition) is 3. The lowest BCUT2D eigenvalue weighted by Gasteiger charge is -2.39. The predicted molar refractivity (Wildman–Crippen MR) is 112 cm³/mol. The van der Waals surface area contributed by atoms with Crippen LogP contribution in [0.3, 0.4) is 0 Å². The van der Waals surface area contributed by atoms with Gasteiger partial charge in [-0.2, -0.15) is 0 Å². The Morgan fingerprint density at radius 2 is 1.86 bits per heavy atom. The molecule has 1 fully saturated rings. The molecule has 0 spiro atoms. The van der Waals surface area contributed by atoms with E-state index in [4.69, 9.17) is 21.1 Å². The number of halogens is 1. The van der Waals surface area contributed by atoms with Crippen molar-refractivity contribution in [1.82, 2.24) is 5.32 Å². The summed E-state index contributed by atoms with van der Waals surface area (Å²) in [7, 11) is 0. The van der Waals surface area contributed by atoms with Crippen molar-refractivity contribution in [3.63, 3.8) is 0 Å². The highest BCUT2D eigenvalue weighted by molar-refractivity contribution is 6.30. The van der Waals surface area contributed by atoms with Crippen molar-refractivity contribution < 1.29 is 14.3 Å². The van der Waals surface area contributed by atoms with Crippen LogP contribution in [0.5, 0.6) is 5.75 Å². The van der Waals surface area contributed by atoms with Gasteiger partial charge in [-0.25, -0.2) is 0 Å². The topological polar surface area (TPSA) is 47.6 Å². The molecule has 1 aliphatic rings. The average molecular weight is 402 g/mol. The third kappa shape index (κ3) is 4.86. The van der Waals surface area contributed by atoms with Crippen LogP contribution in [0.25, 0.3) is 0 Å². The average Bonchev–Trinajstić information content (AvgIpc) is 2.68. The first-order valence-corrected chi connectivity index (χ1v) is 10.1. The Balaban J connectivity index is 1.71. The summed E-state index contributed by atoms with van der Waals surface area (Å²) in [4.78, 5) is 12.9. The maximum Gasteiger partial charge on any atom is 0.263 e. The van der Waals surface area contributed by atoms with E-state index in [0.29, 0.717) is 30.5 Å². The van der Waals surface area contributed by atoms with E-state index in [-0.39, 0.29) is 11.3 Å². The van der Waals surface area contributed by atoms with E-state index in [0.717, 1.165) is 12.8 Å². The van der Waals surface area contributed by atoms with Gasteiger partial charge >= 0.3 is 0 Å². The second-order valence-corrected chi connectivity index (χ2v) is 8.45. The van der Waals surface area contributed by atoms with Crippen LogP contribution < -0.4 is 10.1 Å². The summed E-state index contributed by atoms with van der Waals surface area (Å²) >= 11 is 5.92. The van der Waals surface area contributed by atoms with E-state index >= 15 is 0 Å². The monoisotopic (exact) mass is 401 g/mol. The highest BCUT2D eigenvalue weighted by Crippen LogP contribution is 2.35. The summed E-state index contributed by atoms with van der Waals surface area (Å²) in [6.45, 7) is 7.62. The minimum Gasteiger partial charge on any atom is -0.478 e. The van der Waals surface area contributed by atoms with Crippen molar-refractivity contribution >= 4 is 17.5 Å². The maximum atomic E-state index is 12.9. The molecule has 4 nitrogen and oxygen atoms in total. The van der Waals surface area contributed by atoms with Crippen LogP contribution in [-0.4, -0.2) is 31.3 Å². The van der Waals surface area contributed by atoms with Crippen LogP contribution in [0.1, 0.15) is 37.8 Å². The van der Waals surface area contributed by atoms with Crippen molar-refractivity contribution in [2.45, 2.75) is 44.6 Å². The normalized spacial score (nSPS) is 16.4. The van der Waals surface area contributed by atoms with Gasteiger partial charge in [-0.3, -0.25) is 4.79 Å². The first kappa shape index (κ1) is 20.7. The smallest absolute Gasteiger partial charge is 0.263 e. The minimum absolute atomic E-state index is 0.115. The Morgan fingerprint density at radius 3 is 2.50 bits per heavy atom. The molecule has 3 rings (SSSR count). The number of hydrogen-bond donors (Lipinski definition) is 1. The molecule has 0 aliphatic carbocycles. The van der Waals surface area contributed by atoms with Gasteiger partial charge in [0.1, 0.15) is 5.75 Å². The van der Waals surface area contributed by atoms with Crippen LogP contribution in [0.2, 0.25) is 5.02 Å². The van der Waals surface area contributed by atoms with E-state index in [1.807, 2.05) is 0 Å². The third-order valence-electron chi connectivity index (χ3n) is 5.40. The lowest BCUT2D eigenvalue weighted by molar-refractivity contribution is -0.134. The molecule has 0 aromatic heterocycles. The Bertz CT molecular complexity index is 811. The van der Waals surface area contributed by atoms with Crippen LogP contribution in [0.4, 0.5) is 0 Å². The molecular weight excluding hydrogens is 374 g/mol. The molecule has 1 heterocycles. The molecule has 1 N–H and O–H groups in total. The molecule has 2 aromatic carbocycles. The SMILES string of the molecule is Cc1cccc(C2(CNC(=O)C(C)(C)Oc3ccc(Cl)cc3)CCOCC2)c1. The highest BCUT2D eigenvalue weighted by Gasteiger charge is 2.37. The summed E-state index contributed by atoms with van der Waals surface area (Å²) in [6, 6.07) is 15.6. The Morgan fingerprint density at radius 1 is 1.18 bits per heavy atom. The van der Waals surface area contributed by atoms with E-state index in [2.05, 4.69) is 36.5 Å². The molecule has 28 heavy (non-hydrogen) atoms. The first-order chi connectivity index (χ1) is 13.3. The fraction of sp³-hybridized carbons (Fsp3) is 0.435. The molecule has 0 bridgehead atoms. The Hall–Kier alpha value is -2.04. The standard InChI is InChI=1S/C23H28ClNO3/c1-17-5-4-6-18(15-17)23(11-13-27-14-12-23)16-25-21(26)22(2,3)28-20-9-7-19(24)8-10-20/h4-10,15H,11-14,16H2,1-3H3,(H,25,26). The lowest BCUT2D eigenvalue weighted by Crippen LogP contribution is -2.52. The molecule has 0 unspecified atom stereocenters. The molecule has 0 atom stereocenters. The van der Waals surface area contributed by atoms with Gasteiger partial charge in [-0.05, 0) is 63.4 Å². The highest BCUT2D eigenvalue weighted by atomic mass is 35.5.